The van der Waals surface area contributed by atoms with Crippen LogP contribution in [0.15, 0.2) is 23.1 Å². The molecule has 0 heterocycles. The van der Waals surface area contributed by atoms with E-state index in [0.29, 0.717) is 5.56 Å². The van der Waals surface area contributed by atoms with E-state index >= 15 is 0 Å². The van der Waals surface area contributed by atoms with E-state index in [4.69, 9.17) is 23.1 Å². The van der Waals surface area contributed by atoms with Gasteiger partial charge in [0, 0.05) is 6.54 Å². The van der Waals surface area contributed by atoms with E-state index in [1.54, 1.807) is 6.07 Å². The van der Waals surface area contributed by atoms with Crippen molar-refractivity contribution in [2.24, 2.45) is 11.5 Å². The molecule has 0 bridgehead atoms. The van der Waals surface area contributed by atoms with Crippen LogP contribution in [0.25, 0.3) is 0 Å². The predicted molar refractivity (Wildman–Crippen MR) is 63.7 cm³/mol. The molecule has 8 heteroatoms. The van der Waals surface area contributed by atoms with Crippen LogP contribution in [0.2, 0.25) is 5.02 Å². The van der Waals surface area contributed by atoms with Crippen LogP contribution in [0.1, 0.15) is 5.56 Å². The maximum Gasteiger partial charge on any atom is 0.242 e. The van der Waals surface area contributed by atoms with Gasteiger partial charge in [-0.2, -0.15) is 0 Å². The molecule has 0 spiro atoms. The Balaban J connectivity index is 3.03. The number of carbonyl (C=O) groups is 1. The molecule has 0 saturated heterocycles. The van der Waals surface area contributed by atoms with Gasteiger partial charge in [-0.3, -0.25) is 4.79 Å². The molecule has 0 fully saturated rings. The number of hydrogen-bond acceptors (Lipinski definition) is 4. The first-order chi connectivity index (χ1) is 7.86. The van der Waals surface area contributed by atoms with Gasteiger partial charge < -0.3 is 11.5 Å². The Labute approximate surface area is 104 Å². The first-order valence-electron chi connectivity index (χ1n) is 4.63. The number of benzene rings is 1. The van der Waals surface area contributed by atoms with Crippen molar-refractivity contribution in [1.82, 2.24) is 4.72 Å². The van der Waals surface area contributed by atoms with Gasteiger partial charge in [-0.25, -0.2) is 13.1 Å². The maximum atomic E-state index is 11.7. The number of primary amides is 1. The van der Waals surface area contributed by atoms with E-state index < -0.39 is 22.5 Å². The first-order valence-corrected chi connectivity index (χ1v) is 6.49. The van der Waals surface area contributed by atoms with Crippen molar-refractivity contribution in [3.63, 3.8) is 0 Å². The average Bonchev–Trinajstić information content (AvgIpc) is 2.26. The highest BCUT2D eigenvalue weighted by Gasteiger charge is 2.18. The Morgan fingerprint density at radius 1 is 1.41 bits per heavy atom. The fourth-order valence-corrected chi connectivity index (χ4v) is 2.69. The van der Waals surface area contributed by atoms with Crippen LogP contribution in [-0.4, -0.2) is 20.9 Å². The number of halogens is 1. The Morgan fingerprint density at radius 3 is 2.53 bits per heavy atom. The van der Waals surface area contributed by atoms with E-state index in [2.05, 4.69) is 0 Å². The molecule has 0 aliphatic carbocycles. The number of sulfonamides is 1. The smallest absolute Gasteiger partial charge is 0.242 e. The number of hydrogen-bond donors (Lipinski definition) is 3. The fourth-order valence-electron chi connectivity index (χ4n) is 1.13. The molecule has 0 radical (unpaired) electrons. The Morgan fingerprint density at radius 2 is 2.06 bits per heavy atom. The van der Waals surface area contributed by atoms with E-state index in [1.165, 1.54) is 12.1 Å². The lowest BCUT2D eigenvalue weighted by atomic mass is 10.2. The van der Waals surface area contributed by atoms with Gasteiger partial charge in [0.1, 0.15) is 4.90 Å². The summed E-state index contributed by atoms with van der Waals surface area (Å²) in [6, 6.07) is 4.33. The van der Waals surface area contributed by atoms with Crippen LogP contribution in [-0.2, 0) is 21.4 Å². The summed E-state index contributed by atoms with van der Waals surface area (Å²) in [6.07, 6.45) is 0. The lowest BCUT2D eigenvalue weighted by molar-refractivity contribution is -0.116. The highest BCUT2D eigenvalue weighted by atomic mass is 35.5. The van der Waals surface area contributed by atoms with Crippen LogP contribution in [0.4, 0.5) is 0 Å². The van der Waals surface area contributed by atoms with Gasteiger partial charge in [-0.05, 0) is 17.7 Å². The molecule has 0 aromatic heterocycles. The van der Waals surface area contributed by atoms with E-state index in [9.17, 15) is 13.2 Å². The van der Waals surface area contributed by atoms with E-state index in [-0.39, 0.29) is 16.5 Å². The van der Waals surface area contributed by atoms with Crippen LogP contribution in [0.3, 0.4) is 0 Å². The number of nitrogens with two attached hydrogens (primary N) is 2. The van der Waals surface area contributed by atoms with Crippen LogP contribution in [0.5, 0.6) is 0 Å². The molecular weight excluding hydrogens is 266 g/mol. The van der Waals surface area contributed by atoms with Crippen molar-refractivity contribution in [3.8, 4) is 0 Å². The van der Waals surface area contributed by atoms with Gasteiger partial charge in [0.05, 0.1) is 11.6 Å². The maximum absolute atomic E-state index is 11.7. The second kappa shape index (κ2) is 5.46. The Kier molecular flexibility index (Phi) is 4.47. The van der Waals surface area contributed by atoms with Crippen molar-refractivity contribution in [2.75, 3.05) is 6.54 Å². The van der Waals surface area contributed by atoms with Crippen LogP contribution < -0.4 is 16.2 Å². The minimum Gasteiger partial charge on any atom is -0.369 e. The number of carbonyl (C=O) groups excluding carboxylic acids is 1. The fraction of sp³-hybridized carbons (Fsp3) is 0.222. The number of nitrogens with one attached hydrogen (secondary N) is 1. The summed E-state index contributed by atoms with van der Waals surface area (Å²) >= 11 is 5.82. The molecule has 17 heavy (non-hydrogen) atoms. The average molecular weight is 278 g/mol. The SMILES string of the molecule is NCc1ccc(S(=O)(=O)NCC(N)=O)c(Cl)c1. The predicted octanol–water partition coefficient (Wildman–Crippen LogP) is -0.438. The zero-order chi connectivity index (χ0) is 13.1. The molecule has 1 aromatic carbocycles. The molecule has 1 aromatic rings. The monoisotopic (exact) mass is 277 g/mol. The molecule has 1 amide bonds. The van der Waals surface area contributed by atoms with E-state index in [1.807, 2.05) is 4.72 Å². The summed E-state index contributed by atoms with van der Waals surface area (Å²) in [6.45, 7) is -0.216. The van der Waals surface area contributed by atoms with Crippen LogP contribution in [0, 0.1) is 0 Å². The molecule has 6 nitrogen and oxygen atoms in total. The summed E-state index contributed by atoms with van der Waals surface area (Å²) in [5.74, 6) is -0.775. The summed E-state index contributed by atoms with van der Waals surface area (Å²) in [7, 11) is -3.83. The van der Waals surface area contributed by atoms with Gasteiger partial charge in [-0.1, -0.05) is 17.7 Å². The molecule has 0 saturated carbocycles. The normalized spacial score (nSPS) is 11.4. The van der Waals surface area contributed by atoms with Crippen molar-refractivity contribution in [3.05, 3.63) is 28.8 Å². The summed E-state index contributed by atoms with van der Waals surface area (Å²) in [5, 5.41) is 0.0462. The summed E-state index contributed by atoms with van der Waals surface area (Å²) in [5.41, 5.74) is 10.9. The third-order valence-electron chi connectivity index (χ3n) is 1.96. The zero-order valence-corrected chi connectivity index (χ0v) is 10.4. The second-order valence-corrected chi connectivity index (χ2v) is 5.40. The van der Waals surface area contributed by atoms with Crippen LogP contribution >= 0.6 is 11.6 Å². The van der Waals surface area contributed by atoms with Crippen molar-refractivity contribution in [2.45, 2.75) is 11.4 Å². The molecule has 5 N–H and O–H groups in total. The van der Waals surface area contributed by atoms with Gasteiger partial charge in [0.15, 0.2) is 0 Å². The Bertz CT molecular complexity index is 530. The highest BCUT2D eigenvalue weighted by Crippen LogP contribution is 2.22. The topological polar surface area (TPSA) is 115 Å². The highest BCUT2D eigenvalue weighted by molar-refractivity contribution is 7.89. The Hall–Kier alpha value is -1.15. The van der Waals surface area contributed by atoms with Gasteiger partial charge in [-0.15, -0.1) is 0 Å². The third-order valence-corrected chi connectivity index (χ3v) is 3.84. The quantitative estimate of drug-likeness (QED) is 0.677. The molecule has 94 valence electrons. The van der Waals surface area contributed by atoms with Crippen molar-refractivity contribution < 1.29 is 13.2 Å². The molecular formula is C9H12ClN3O3S. The second-order valence-electron chi connectivity index (χ2n) is 3.26. The minimum atomic E-state index is -3.83. The zero-order valence-electron chi connectivity index (χ0n) is 8.81. The van der Waals surface area contributed by atoms with Gasteiger partial charge >= 0.3 is 0 Å². The minimum absolute atomic E-state index is 0.0462. The number of amides is 1. The summed E-state index contributed by atoms with van der Waals surface area (Å²) in [4.78, 5) is 10.4. The standard InChI is InChI=1S/C9H12ClN3O3S/c10-7-3-6(4-11)1-2-8(7)17(15,16)13-5-9(12)14/h1-3,13H,4-5,11H2,(H2,12,14). The van der Waals surface area contributed by atoms with Crippen molar-refractivity contribution in [1.29, 1.82) is 0 Å². The van der Waals surface area contributed by atoms with E-state index in [0.717, 1.165) is 0 Å². The first kappa shape index (κ1) is 13.9. The lowest BCUT2D eigenvalue weighted by Gasteiger charge is -2.08. The van der Waals surface area contributed by atoms with Gasteiger partial charge in [0.2, 0.25) is 15.9 Å². The largest absolute Gasteiger partial charge is 0.369 e. The molecule has 0 atom stereocenters. The van der Waals surface area contributed by atoms with Crippen molar-refractivity contribution >= 4 is 27.5 Å². The molecule has 0 unspecified atom stereocenters. The summed E-state index contributed by atoms with van der Waals surface area (Å²) < 4.78 is 25.5. The molecule has 0 aliphatic rings. The third kappa shape index (κ3) is 3.67. The molecule has 0 aliphatic heterocycles. The van der Waals surface area contributed by atoms with Gasteiger partial charge in [0.25, 0.3) is 0 Å². The number of rotatable bonds is 5. The molecule has 1 rings (SSSR count). The lowest BCUT2D eigenvalue weighted by Crippen LogP contribution is -2.33.